The van der Waals surface area contributed by atoms with Gasteiger partial charge < -0.3 is 14.4 Å². The molecule has 1 aliphatic rings. The largest absolute Gasteiger partial charge is 0.454 e. The van der Waals surface area contributed by atoms with Crippen LogP contribution in [-0.4, -0.2) is 29.6 Å². The van der Waals surface area contributed by atoms with Gasteiger partial charge in [0.25, 0.3) is 5.91 Å². The fourth-order valence-corrected chi connectivity index (χ4v) is 2.20. The highest BCUT2D eigenvalue weighted by Gasteiger charge is 2.16. The van der Waals surface area contributed by atoms with Gasteiger partial charge in [-0.3, -0.25) is 9.78 Å². The molecular weight excluding hydrogens is 268 g/mol. The number of pyridine rings is 1. The van der Waals surface area contributed by atoms with Crippen LogP contribution in [0.4, 0.5) is 0 Å². The smallest absolute Gasteiger partial charge is 0.255 e. The molecule has 0 fully saturated rings. The molecular formula is C16H16N2O3. The molecule has 0 N–H and O–H groups in total. The van der Waals surface area contributed by atoms with Gasteiger partial charge in [0.1, 0.15) is 0 Å². The summed E-state index contributed by atoms with van der Waals surface area (Å²) in [5.74, 6) is 1.42. The molecule has 2 heterocycles. The van der Waals surface area contributed by atoms with E-state index in [4.69, 9.17) is 9.47 Å². The predicted molar refractivity (Wildman–Crippen MR) is 77.3 cm³/mol. The molecule has 1 amide bonds. The molecule has 108 valence electrons. The number of hydrogen-bond donors (Lipinski definition) is 0. The number of hydrogen-bond acceptors (Lipinski definition) is 4. The van der Waals surface area contributed by atoms with Crippen LogP contribution in [0.25, 0.3) is 0 Å². The van der Waals surface area contributed by atoms with E-state index in [-0.39, 0.29) is 12.7 Å². The molecule has 1 aromatic heterocycles. The van der Waals surface area contributed by atoms with E-state index in [1.807, 2.05) is 31.2 Å². The van der Waals surface area contributed by atoms with Crippen molar-refractivity contribution in [1.82, 2.24) is 9.88 Å². The average Bonchev–Trinajstić information content (AvgIpc) is 2.95. The molecule has 0 saturated carbocycles. The van der Waals surface area contributed by atoms with Gasteiger partial charge in [-0.05, 0) is 36.8 Å². The standard InChI is InChI=1S/C16H16N2O3/c1-11-3-5-13(8-17-11)16(19)18(2)9-12-4-6-14-15(7-12)21-10-20-14/h3-8H,9-10H2,1-2H3. The Kier molecular flexibility index (Phi) is 3.48. The van der Waals surface area contributed by atoms with Gasteiger partial charge in [-0.2, -0.15) is 0 Å². The summed E-state index contributed by atoms with van der Waals surface area (Å²) < 4.78 is 10.6. The quantitative estimate of drug-likeness (QED) is 0.868. The molecule has 3 rings (SSSR count). The van der Waals surface area contributed by atoms with Gasteiger partial charge in [0.05, 0.1) is 5.56 Å². The third-order valence-corrected chi connectivity index (χ3v) is 3.36. The van der Waals surface area contributed by atoms with E-state index in [1.165, 1.54) is 0 Å². The van der Waals surface area contributed by atoms with Gasteiger partial charge in [-0.25, -0.2) is 0 Å². The lowest BCUT2D eigenvalue weighted by atomic mass is 10.1. The number of carbonyl (C=O) groups is 1. The van der Waals surface area contributed by atoms with Gasteiger partial charge in [0, 0.05) is 25.5 Å². The van der Waals surface area contributed by atoms with Gasteiger partial charge in [-0.1, -0.05) is 6.07 Å². The normalized spacial score (nSPS) is 12.3. The summed E-state index contributed by atoms with van der Waals surface area (Å²) in [5.41, 5.74) is 2.48. The number of aryl methyl sites for hydroxylation is 1. The Morgan fingerprint density at radius 2 is 2.05 bits per heavy atom. The van der Waals surface area contributed by atoms with Crippen LogP contribution >= 0.6 is 0 Å². The van der Waals surface area contributed by atoms with Crippen molar-refractivity contribution in [2.24, 2.45) is 0 Å². The van der Waals surface area contributed by atoms with Crippen molar-refractivity contribution in [2.45, 2.75) is 13.5 Å². The Hall–Kier alpha value is -2.56. The van der Waals surface area contributed by atoms with Crippen LogP contribution in [0.2, 0.25) is 0 Å². The summed E-state index contributed by atoms with van der Waals surface area (Å²) in [5, 5.41) is 0. The summed E-state index contributed by atoms with van der Waals surface area (Å²) in [6, 6.07) is 9.33. The Bertz CT molecular complexity index is 668. The third kappa shape index (κ3) is 2.81. The molecule has 2 aromatic rings. The molecule has 1 aromatic carbocycles. The van der Waals surface area contributed by atoms with Crippen molar-refractivity contribution < 1.29 is 14.3 Å². The number of nitrogens with zero attached hydrogens (tertiary/aromatic N) is 2. The summed E-state index contributed by atoms with van der Waals surface area (Å²) in [6.07, 6.45) is 1.60. The second-order valence-electron chi connectivity index (χ2n) is 5.04. The van der Waals surface area contributed by atoms with Crippen molar-refractivity contribution in [1.29, 1.82) is 0 Å². The van der Waals surface area contributed by atoms with E-state index in [0.29, 0.717) is 12.1 Å². The van der Waals surface area contributed by atoms with E-state index in [2.05, 4.69) is 4.98 Å². The molecule has 5 nitrogen and oxygen atoms in total. The second-order valence-corrected chi connectivity index (χ2v) is 5.04. The van der Waals surface area contributed by atoms with E-state index in [0.717, 1.165) is 22.8 Å². The van der Waals surface area contributed by atoms with Crippen LogP contribution in [0.1, 0.15) is 21.6 Å². The number of rotatable bonds is 3. The lowest BCUT2D eigenvalue weighted by Crippen LogP contribution is -2.26. The Labute approximate surface area is 123 Å². The van der Waals surface area contributed by atoms with Gasteiger partial charge in [0.2, 0.25) is 6.79 Å². The maximum absolute atomic E-state index is 12.3. The zero-order chi connectivity index (χ0) is 14.8. The summed E-state index contributed by atoms with van der Waals surface area (Å²) in [7, 11) is 1.77. The van der Waals surface area contributed by atoms with Crippen LogP contribution in [0.3, 0.4) is 0 Å². The minimum Gasteiger partial charge on any atom is -0.454 e. The average molecular weight is 284 g/mol. The van der Waals surface area contributed by atoms with Crippen molar-refractivity contribution in [2.75, 3.05) is 13.8 Å². The number of aromatic nitrogens is 1. The molecule has 5 heteroatoms. The molecule has 0 bridgehead atoms. The molecule has 0 unspecified atom stereocenters. The fraction of sp³-hybridized carbons (Fsp3) is 0.250. The van der Waals surface area contributed by atoms with Crippen LogP contribution in [0.15, 0.2) is 36.5 Å². The molecule has 0 spiro atoms. The summed E-state index contributed by atoms with van der Waals surface area (Å²) >= 11 is 0. The molecule has 1 aliphatic heterocycles. The van der Waals surface area contributed by atoms with Crippen molar-refractivity contribution in [3.63, 3.8) is 0 Å². The van der Waals surface area contributed by atoms with Crippen molar-refractivity contribution in [3.8, 4) is 11.5 Å². The Morgan fingerprint density at radius 3 is 2.81 bits per heavy atom. The first-order valence-electron chi connectivity index (χ1n) is 6.70. The monoisotopic (exact) mass is 284 g/mol. The molecule has 21 heavy (non-hydrogen) atoms. The Morgan fingerprint density at radius 1 is 1.24 bits per heavy atom. The van der Waals surface area contributed by atoms with E-state index in [1.54, 1.807) is 24.2 Å². The van der Waals surface area contributed by atoms with Gasteiger partial charge >= 0.3 is 0 Å². The van der Waals surface area contributed by atoms with Gasteiger partial charge in [-0.15, -0.1) is 0 Å². The van der Waals surface area contributed by atoms with Crippen molar-refractivity contribution >= 4 is 5.91 Å². The molecule has 0 aliphatic carbocycles. The number of fused-ring (bicyclic) bond motifs is 1. The van der Waals surface area contributed by atoms with Crippen LogP contribution in [-0.2, 0) is 6.54 Å². The zero-order valence-corrected chi connectivity index (χ0v) is 12.0. The van der Waals surface area contributed by atoms with E-state index >= 15 is 0 Å². The lowest BCUT2D eigenvalue weighted by Gasteiger charge is -2.17. The first-order valence-corrected chi connectivity index (χ1v) is 6.70. The number of amides is 1. The third-order valence-electron chi connectivity index (χ3n) is 3.36. The molecule has 0 atom stereocenters. The highest BCUT2D eigenvalue weighted by Crippen LogP contribution is 2.32. The van der Waals surface area contributed by atoms with Crippen molar-refractivity contribution in [3.05, 3.63) is 53.3 Å². The molecule has 0 saturated heterocycles. The van der Waals surface area contributed by atoms with Crippen LogP contribution < -0.4 is 9.47 Å². The first-order chi connectivity index (χ1) is 10.1. The van der Waals surface area contributed by atoms with Crippen LogP contribution in [0.5, 0.6) is 11.5 Å². The zero-order valence-electron chi connectivity index (χ0n) is 12.0. The number of ether oxygens (including phenoxy) is 2. The highest BCUT2D eigenvalue weighted by molar-refractivity contribution is 5.93. The number of carbonyl (C=O) groups excluding carboxylic acids is 1. The molecule has 0 radical (unpaired) electrons. The van der Waals surface area contributed by atoms with Gasteiger partial charge in [0.15, 0.2) is 11.5 Å². The van der Waals surface area contributed by atoms with E-state index in [9.17, 15) is 4.79 Å². The lowest BCUT2D eigenvalue weighted by molar-refractivity contribution is 0.0784. The summed E-state index contributed by atoms with van der Waals surface area (Å²) in [6.45, 7) is 2.65. The highest BCUT2D eigenvalue weighted by atomic mass is 16.7. The Balaban J connectivity index is 1.72. The first kappa shape index (κ1) is 13.4. The second kappa shape index (κ2) is 5.44. The number of benzene rings is 1. The minimum atomic E-state index is -0.0554. The minimum absolute atomic E-state index is 0.0554. The van der Waals surface area contributed by atoms with Crippen LogP contribution in [0, 0.1) is 6.92 Å². The SMILES string of the molecule is Cc1ccc(C(=O)N(C)Cc2ccc3c(c2)OCO3)cn1. The fourth-order valence-electron chi connectivity index (χ4n) is 2.20. The maximum atomic E-state index is 12.3. The topological polar surface area (TPSA) is 51.7 Å². The maximum Gasteiger partial charge on any atom is 0.255 e. The predicted octanol–water partition coefficient (Wildman–Crippen LogP) is 2.39. The summed E-state index contributed by atoms with van der Waals surface area (Å²) in [4.78, 5) is 18.1. The van der Waals surface area contributed by atoms with E-state index < -0.39 is 0 Å².